The standard InChI is InChI=1S/C26H36N4O7S/c1-6-9-37-26(35)29-12-19(10-17(29)7-8-28-14-27(4)11-18(28)13-36-5)38-23-15(2)21-20(16(3)31)24(32)30(21)22(23)25(33)34/h6,11,14-17,19-21,31H,1,7-10,12-13H2,2-5H3/p+1/t15-,16-,17-,19+,20-,21-/m1/s1. The first kappa shape index (κ1) is 28.2. The van der Waals surface area contributed by atoms with E-state index in [1.807, 2.05) is 31.1 Å². The van der Waals surface area contributed by atoms with Crippen molar-refractivity contribution in [2.24, 2.45) is 18.9 Å². The molecule has 0 spiro atoms. The fourth-order valence-corrected chi connectivity index (χ4v) is 7.49. The van der Waals surface area contributed by atoms with Gasteiger partial charge in [-0.3, -0.25) is 4.79 Å². The lowest BCUT2D eigenvalue weighted by Gasteiger charge is -2.46. The Morgan fingerprint density at radius 1 is 1.39 bits per heavy atom. The molecule has 1 aromatic heterocycles. The lowest BCUT2D eigenvalue weighted by molar-refractivity contribution is -0.671. The summed E-state index contributed by atoms with van der Waals surface area (Å²) in [4.78, 5) is 41.5. The molecule has 12 heteroatoms. The summed E-state index contributed by atoms with van der Waals surface area (Å²) in [5.41, 5.74) is 1.03. The van der Waals surface area contributed by atoms with Crippen LogP contribution in [-0.2, 0) is 39.3 Å². The number of ether oxygens (including phenoxy) is 2. The van der Waals surface area contributed by atoms with E-state index in [0.29, 0.717) is 37.4 Å². The lowest BCUT2D eigenvalue weighted by Crippen LogP contribution is -2.63. The van der Waals surface area contributed by atoms with E-state index in [0.717, 1.165) is 5.69 Å². The summed E-state index contributed by atoms with van der Waals surface area (Å²) in [6.07, 6.45) is 5.57. The molecule has 0 bridgehead atoms. The van der Waals surface area contributed by atoms with Crippen molar-refractivity contribution in [2.75, 3.05) is 20.3 Å². The monoisotopic (exact) mass is 549 g/mol. The van der Waals surface area contributed by atoms with Gasteiger partial charge < -0.3 is 29.5 Å². The zero-order valence-corrected chi connectivity index (χ0v) is 23.1. The topological polar surface area (TPSA) is 125 Å². The second kappa shape index (κ2) is 11.5. The maximum absolute atomic E-state index is 12.9. The number of carbonyl (C=O) groups excluding carboxylic acids is 2. The summed E-state index contributed by atoms with van der Waals surface area (Å²) in [6, 6.07) is -0.474. The molecule has 2 fully saturated rings. The first-order valence-corrected chi connectivity index (χ1v) is 13.7. The molecule has 208 valence electrons. The molecule has 4 rings (SSSR count). The van der Waals surface area contributed by atoms with Crippen molar-refractivity contribution < 1.29 is 38.6 Å². The molecule has 3 aliphatic rings. The van der Waals surface area contributed by atoms with Crippen molar-refractivity contribution in [2.45, 2.75) is 63.3 Å². The van der Waals surface area contributed by atoms with Crippen molar-refractivity contribution in [1.29, 1.82) is 0 Å². The number of aryl methyl sites for hydroxylation is 2. The molecule has 0 aliphatic carbocycles. The molecule has 1 aromatic rings. The quantitative estimate of drug-likeness (QED) is 0.242. The number of carboxylic acids is 1. The number of likely N-dealkylation sites (tertiary alicyclic amines) is 1. The molecule has 3 aliphatic heterocycles. The van der Waals surface area contributed by atoms with Crippen LogP contribution in [0.2, 0.25) is 0 Å². The molecule has 2 N–H and O–H groups in total. The Hall–Kier alpha value is -2.83. The molecular weight excluding hydrogens is 512 g/mol. The third kappa shape index (κ3) is 5.21. The number of aliphatic carboxylic acids is 1. The number of methoxy groups -OCH3 is 1. The van der Waals surface area contributed by atoms with Crippen LogP contribution in [0.4, 0.5) is 4.79 Å². The van der Waals surface area contributed by atoms with Crippen LogP contribution in [0, 0.1) is 11.8 Å². The second-order valence-corrected chi connectivity index (χ2v) is 11.6. The van der Waals surface area contributed by atoms with Gasteiger partial charge in [0.1, 0.15) is 25.1 Å². The number of hydrogen-bond acceptors (Lipinski definition) is 7. The number of thioether (sulfide) groups is 1. The summed E-state index contributed by atoms with van der Waals surface area (Å²) in [7, 11) is 3.60. The number of β-lactam (4-membered cyclic amide) rings is 1. The summed E-state index contributed by atoms with van der Waals surface area (Å²) in [5.74, 6) is -2.33. The van der Waals surface area contributed by atoms with Gasteiger partial charge in [0, 0.05) is 42.2 Å². The zero-order valence-electron chi connectivity index (χ0n) is 22.3. The van der Waals surface area contributed by atoms with Crippen LogP contribution in [0.5, 0.6) is 0 Å². The number of hydrogen-bond donors (Lipinski definition) is 2. The lowest BCUT2D eigenvalue weighted by atomic mass is 9.79. The number of nitrogens with zero attached hydrogens (tertiary/aromatic N) is 4. The number of fused-ring (bicyclic) bond motifs is 1. The summed E-state index contributed by atoms with van der Waals surface area (Å²) >= 11 is 1.43. The maximum atomic E-state index is 12.9. The normalized spacial score (nSPS) is 27.4. The zero-order chi connectivity index (χ0) is 27.7. The van der Waals surface area contributed by atoms with Gasteiger partial charge in [-0.25, -0.2) is 18.7 Å². The molecule has 6 atom stereocenters. The van der Waals surface area contributed by atoms with E-state index in [1.165, 1.54) is 22.7 Å². The fraction of sp³-hybridized carbons (Fsp3) is 0.615. The highest BCUT2D eigenvalue weighted by atomic mass is 32.2. The predicted molar refractivity (Wildman–Crippen MR) is 139 cm³/mol. The largest absolute Gasteiger partial charge is 0.477 e. The molecule has 0 saturated carbocycles. The number of aliphatic hydroxyl groups is 1. The molecule has 0 aromatic carbocycles. The Morgan fingerprint density at radius 3 is 2.76 bits per heavy atom. The van der Waals surface area contributed by atoms with Crippen LogP contribution in [0.15, 0.2) is 35.8 Å². The summed E-state index contributed by atoms with van der Waals surface area (Å²) in [5, 5.41) is 20.0. The summed E-state index contributed by atoms with van der Waals surface area (Å²) in [6.45, 7) is 8.74. The van der Waals surface area contributed by atoms with Crippen LogP contribution < -0.4 is 4.57 Å². The number of rotatable bonds is 11. The van der Waals surface area contributed by atoms with Crippen molar-refractivity contribution >= 4 is 29.7 Å². The van der Waals surface area contributed by atoms with Crippen LogP contribution >= 0.6 is 11.8 Å². The molecule has 4 heterocycles. The second-order valence-electron chi connectivity index (χ2n) is 10.2. The number of imidazole rings is 1. The van der Waals surface area contributed by atoms with Crippen LogP contribution in [0.1, 0.15) is 32.4 Å². The van der Waals surface area contributed by atoms with Gasteiger partial charge in [-0.1, -0.05) is 19.6 Å². The van der Waals surface area contributed by atoms with Gasteiger partial charge in [0.25, 0.3) is 0 Å². The van der Waals surface area contributed by atoms with E-state index in [1.54, 1.807) is 18.9 Å². The minimum atomic E-state index is -1.15. The maximum Gasteiger partial charge on any atom is 0.410 e. The molecular formula is C26H37N4O7S+. The number of carbonyl (C=O) groups is 3. The van der Waals surface area contributed by atoms with Crippen molar-refractivity contribution in [3.63, 3.8) is 0 Å². The van der Waals surface area contributed by atoms with E-state index >= 15 is 0 Å². The minimum Gasteiger partial charge on any atom is -0.477 e. The number of carboxylic acid groups (broad SMARTS) is 1. The first-order valence-electron chi connectivity index (χ1n) is 12.8. The average Bonchev–Trinajstić information content (AvgIpc) is 3.49. The Morgan fingerprint density at radius 2 is 2.13 bits per heavy atom. The van der Waals surface area contributed by atoms with E-state index in [2.05, 4.69) is 11.1 Å². The Kier molecular flexibility index (Phi) is 8.53. The van der Waals surface area contributed by atoms with Crippen LogP contribution in [0.25, 0.3) is 0 Å². The van der Waals surface area contributed by atoms with E-state index < -0.39 is 24.1 Å². The highest BCUT2D eigenvalue weighted by Gasteiger charge is 2.60. The molecule has 2 saturated heterocycles. The number of amides is 2. The number of aliphatic hydroxyl groups excluding tert-OH is 1. The van der Waals surface area contributed by atoms with Crippen molar-refractivity contribution in [3.8, 4) is 0 Å². The van der Waals surface area contributed by atoms with E-state index in [4.69, 9.17) is 9.47 Å². The third-order valence-corrected chi connectivity index (χ3v) is 9.07. The number of aromatic nitrogens is 2. The van der Waals surface area contributed by atoms with Crippen molar-refractivity contribution in [3.05, 3.63) is 41.5 Å². The Bertz CT molecular complexity index is 1130. The third-order valence-electron chi connectivity index (χ3n) is 7.58. The molecule has 38 heavy (non-hydrogen) atoms. The smallest absolute Gasteiger partial charge is 0.410 e. The predicted octanol–water partition coefficient (Wildman–Crippen LogP) is 1.50. The van der Waals surface area contributed by atoms with Gasteiger partial charge in [0.2, 0.25) is 12.2 Å². The Labute approximate surface area is 226 Å². The van der Waals surface area contributed by atoms with Gasteiger partial charge in [0.15, 0.2) is 5.69 Å². The molecule has 0 unspecified atom stereocenters. The Balaban J connectivity index is 1.52. The van der Waals surface area contributed by atoms with Crippen molar-refractivity contribution in [1.82, 2.24) is 14.4 Å². The average molecular weight is 550 g/mol. The highest BCUT2D eigenvalue weighted by molar-refractivity contribution is 8.03. The van der Waals surface area contributed by atoms with Gasteiger partial charge >= 0.3 is 12.1 Å². The van der Waals surface area contributed by atoms with Crippen LogP contribution in [-0.4, -0.2) is 86.2 Å². The van der Waals surface area contributed by atoms with Gasteiger partial charge in [-0.15, -0.1) is 11.8 Å². The SMILES string of the molecule is C=CCOC(=O)N1C[C@@H](SC2=C(C(=O)O)N3C(=O)[C@H]([C@@H](C)O)[C@H]3[C@H]2C)C[C@H]1CCn1c[n+](C)cc1COC. The van der Waals surface area contributed by atoms with E-state index in [9.17, 15) is 24.6 Å². The molecule has 0 radical (unpaired) electrons. The molecule has 2 amide bonds. The van der Waals surface area contributed by atoms with Crippen LogP contribution in [0.3, 0.4) is 0 Å². The fourth-order valence-electron chi connectivity index (χ4n) is 5.92. The summed E-state index contributed by atoms with van der Waals surface area (Å²) < 4.78 is 14.7. The highest BCUT2D eigenvalue weighted by Crippen LogP contribution is 2.52. The van der Waals surface area contributed by atoms with Gasteiger partial charge in [-0.2, -0.15) is 0 Å². The van der Waals surface area contributed by atoms with Gasteiger partial charge in [0.05, 0.1) is 31.7 Å². The van der Waals surface area contributed by atoms with E-state index in [-0.39, 0.29) is 41.5 Å². The first-order chi connectivity index (χ1) is 18.1. The molecule has 11 nitrogen and oxygen atoms in total. The van der Waals surface area contributed by atoms with Gasteiger partial charge in [-0.05, 0) is 13.3 Å². The minimum absolute atomic E-state index is 0.00248.